The smallest absolute Gasteiger partial charge is 0.341 e. The van der Waals surface area contributed by atoms with Crippen molar-refractivity contribution in [2.45, 2.75) is 6.92 Å². The van der Waals surface area contributed by atoms with Crippen molar-refractivity contribution < 1.29 is 23.8 Å². The summed E-state index contributed by atoms with van der Waals surface area (Å²) in [6.07, 6.45) is 0. The number of carbonyl (C=O) groups excluding carboxylic acids is 2. The molecule has 1 N–H and O–H groups in total. The van der Waals surface area contributed by atoms with Gasteiger partial charge in [-0.25, -0.2) is 4.79 Å². The number of thiophene rings is 1. The van der Waals surface area contributed by atoms with Crippen LogP contribution in [0.2, 0.25) is 5.02 Å². The summed E-state index contributed by atoms with van der Waals surface area (Å²) in [6, 6.07) is 14.0. The summed E-state index contributed by atoms with van der Waals surface area (Å²) in [5.74, 6) is 0.333. The third-order valence-corrected chi connectivity index (χ3v) is 5.26. The number of benzene rings is 2. The van der Waals surface area contributed by atoms with E-state index in [1.807, 2.05) is 12.1 Å². The van der Waals surface area contributed by atoms with Crippen molar-refractivity contribution >= 4 is 39.8 Å². The number of methoxy groups -OCH3 is 1. The van der Waals surface area contributed by atoms with Gasteiger partial charge in [0.1, 0.15) is 22.1 Å². The highest BCUT2D eigenvalue weighted by Gasteiger charge is 2.23. The summed E-state index contributed by atoms with van der Waals surface area (Å²) in [7, 11) is 1.57. The molecule has 0 aliphatic carbocycles. The van der Waals surface area contributed by atoms with Gasteiger partial charge < -0.3 is 19.5 Å². The Bertz CT molecular complexity index is 1020. The molecule has 0 fully saturated rings. The number of hydrogen-bond donors (Lipinski definition) is 1. The van der Waals surface area contributed by atoms with Gasteiger partial charge in [0.05, 0.1) is 13.7 Å². The number of amides is 1. The molecule has 3 aromatic rings. The molecule has 0 saturated carbocycles. The van der Waals surface area contributed by atoms with E-state index in [0.717, 1.165) is 5.56 Å². The third kappa shape index (κ3) is 5.31. The van der Waals surface area contributed by atoms with Crippen molar-refractivity contribution in [2.75, 3.05) is 25.6 Å². The first-order chi connectivity index (χ1) is 14.5. The molecule has 0 aliphatic heterocycles. The molecule has 0 bridgehead atoms. The monoisotopic (exact) mass is 445 g/mol. The molecule has 0 atom stereocenters. The van der Waals surface area contributed by atoms with Crippen LogP contribution >= 0.6 is 22.9 Å². The van der Waals surface area contributed by atoms with Gasteiger partial charge in [0.15, 0.2) is 6.61 Å². The number of carbonyl (C=O) groups is 2. The van der Waals surface area contributed by atoms with Crippen LogP contribution in [0.15, 0.2) is 53.9 Å². The van der Waals surface area contributed by atoms with E-state index in [-0.39, 0.29) is 19.1 Å². The van der Waals surface area contributed by atoms with Crippen LogP contribution in [0, 0.1) is 0 Å². The zero-order valence-corrected chi connectivity index (χ0v) is 18.0. The molecule has 0 spiro atoms. The van der Waals surface area contributed by atoms with Gasteiger partial charge in [-0.05, 0) is 48.9 Å². The lowest BCUT2D eigenvalue weighted by atomic mass is 10.0. The Balaban J connectivity index is 1.76. The molecule has 1 aromatic heterocycles. The minimum absolute atomic E-state index is 0.206. The summed E-state index contributed by atoms with van der Waals surface area (Å²) in [6.45, 7) is 1.75. The first-order valence-corrected chi connectivity index (χ1v) is 10.4. The molecule has 3 rings (SSSR count). The van der Waals surface area contributed by atoms with Gasteiger partial charge in [0, 0.05) is 16.0 Å². The van der Waals surface area contributed by atoms with Crippen molar-refractivity contribution in [2.24, 2.45) is 0 Å². The first kappa shape index (κ1) is 21.7. The Morgan fingerprint density at radius 3 is 2.33 bits per heavy atom. The van der Waals surface area contributed by atoms with Crippen molar-refractivity contribution in [3.05, 3.63) is 64.5 Å². The van der Waals surface area contributed by atoms with Crippen LogP contribution in [-0.4, -0.2) is 32.2 Å². The fraction of sp³-hybridized carbons (Fsp3) is 0.182. The van der Waals surface area contributed by atoms with Crippen molar-refractivity contribution in [1.29, 1.82) is 0 Å². The van der Waals surface area contributed by atoms with Gasteiger partial charge in [-0.3, -0.25) is 4.79 Å². The number of rotatable bonds is 8. The maximum absolute atomic E-state index is 12.6. The highest BCUT2D eigenvalue weighted by Crippen LogP contribution is 2.36. The van der Waals surface area contributed by atoms with E-state index in [2.05, 4.69) is 5.32 Å². The molecular formula is C22H20ClNO5S. The van der Waals surface area contributed by atoms with Crippen molar-refractivity contribution in [3.8, 4) is 22.6 Å². The summed E-state index contributed by atoms with van der Waals surface area (Å²) in [4.78, 5) is 25.0. The van der Waals surface area contributed by atoms with E-state index in [1.54, 1.807) is 55.8 Å². The van der Waals surface area contributed by atoms with Gasteiger partial charge >= 0.3 is 5.97 Å². The predicted molar refractivity (Wildman–Crippen MR) is 118 cm³/mol. The van der Waals surface area contributed by atoms with E-state index in [0.29, 0.717) is 32.6 Å². The van der Waals surface area contributed by atoms with Crippen molar-refractivity contribution in [1.82, 2.24) is 0 Å². The first-order valence-electron chi connectivity index (χ1n) is 9.13. The normalized spacial score (nSPS) is 10.4. The number of hydrogen-bond acceptors (Lipinski definition) is 6. The second-order valence-electron chi connectivity index (χ2n) is 6.09. The summed E-state index contributed by atoms with van der Waals surface area (Å²) in [5.41, 5.74) is 1.78. The second-order valence-corrected chi connectivity index (χ2v) is 7.41. The third-order valence-electron chi connectivity index (χ3n) is 4.11. The van der Waals surface area contributed by atoms with E-state index in [1.165, 1.54) is 11.3 Å². The zero-order valence-electron chi connectivity index (χ0n) is 16.4. The summed E-state index contributed by atoms with van der Waals surface area (Å²) >= 11 is 7.21. The lowest BCUT2D eigenvalue weighted by Crippen LogP contribution is -2.21. The predicted octanol–water partition coefficient (Wildman–Crippen LogP) is 5.27. The molecule has 0 radical (unpaired) electrons. The highest BCUT2D eigenvalue weighted by atomic mass is 35.5. The van der Waals surface area contributed by atoms with Gasteiger partial charge in [0.25, 0.3) is 5.91 Å². The molecule has 156 valence electrons. The maximum atomic E-state index is 12.6. The molecule has 0 unspecified atom stereocenters. The van der Waals surface area contributed by atoms with E-state index < -0.39 is 5.97 Å². The fourth-order valence-electron chi connectivity index (χ4n) is 2.68. The minimum atomic E-state index is -0.505. The van der Waals surface area contributed by atoms with Crippen LogP contribution in [0.1, 0.15) is 17.3 Å². The SMILES string of the molecule is CCOC(=O)c1c(-c2ccc(Cl)cc2)csc1NC(=O)COc1ccc(OC)cc1. The average molecular weight is 446 g/mol. The van der Waals surface area contributed by atoms with Gasteiger partial charge in [-0.2, -0.15) is 0 Å². The molecular weight excluding hydrogens is 426 g/mol. The Morgan fingerprint density at radius 2 is 1.70 bits per heavy atom. The van der Waals surface area contributed by atoms with Crippen LogP contribution in [0.3, 0.4) is 0 Å². The molecule has 1 amide bonds. The number of halogens is 1. The van der Waals surface area contributed by atoms with Crippen LogP contribution in [-0.2, 0) is 9.53 Å². The maximum Gasteiger partial charge on any atom is 0.341 e. The summed E-state index contributed by atoms with van der Waals surface area (Å²) < 4.78 is 15.8. The minimum Gasteiger partial charge on any atom is -0.497 e. The number of esters is 1. The molecule has 6 nitrogen and oxygen atoms in total. The number of nitrogens with one attached hydrogen (secondary N) is 1. The molecule has 0 aliphatic rings. The number of ether oxygens (including phenoxy) is 3. The van der Waals surface area contributed by atoms with Crippen LogP contribution < -0.4 is 14.8 Å². The topological polar surface area (TPSA) is 73.9 Å². The molecule has 1 heterocycles. The lowest BCUT2D eigenvalue weighted by molar-refractivity contribution is -0.118. The van der Waals surface area contributed by atoms with Gasteiger partial charge in [-0.15, -0.1) is 11.3 Å². The van der Waals surface area contributed by atoms with Crippen LogP contribution in [0.5, 0.6) is 11.5 Å². The molecule has 8 heteroatoms. The summed E-state index contributed by atoms with van der Waals surface area (Å²) in [5, 5.41) is 5.55. The highest BCUT2D eigenvalue weighted by molar-refractivity contribution is 7.15. The quantitative estimate of drug-likeness (QED) is 0.478. The molecule has 0 saturated heterocycles. The Labute approximate surface area is 183 Å². The molecule has 30 heavy (non-hydrogen) atoms. The van der Waals surface area contributed by atoms with E-state index in [9.17, 15) is 9.59 Å². The average Bonchev–Trinajstić information content (AvgIpc) is 3.17. The van der Waals surface area contributed by atoms with Crippen molar-refractivity contribution in [3.63, 3.8) is 0 Å². The fourth-order valence-corrected chi connectivity index (χ4v) is 3.78. The Morgan fingerprint density at radius 1 is 1.03 bits per heavy atom. The van der Waals surface area contributed by atoms with E-state index >= 15 is 0 Å². The number of anilines is 1. The second kappa shape index (κ2) is 10.1. The van der Waals surface area contributed by atoms with Crippen LogP contribution in [0.4, 0.5) is 5.00 Å². The Hall–Kier alpha value is -3.03. The zero-order chi connectivity index (χ0) is 21.5. The largest absolute Gasteiger partial charge is 0.497 e. The molecule has 2 aromatic carbocycles. The van der Waals surface area contributed by atoms with Gasteiger partial charge in [0.2, 0.25) is 0 Å². The van der Waals surface area contributed by atoms with Gasteiger partial charge in [-0.1, -0.05) is 23.7 Å². The van der Waals surface area contributed by atoms with E-state index in [4.69, 9.17) is 25.8 Å². The Kier molecular flexibility index (Phi) is 7.32. The van der Waals surface area contributed by atoms with Crippen LogP contribution in [0.25, 0.3) is 11.1 Å². The standard InChI is InChI=1S/C22H20ClNO5S/c1-3-28-22(26)20-18(14-4-6-15(23)7-5-14)13-30-21(20)24-19(25)12-29-17-10-8-16(27-2)9-11-17/h4-11,13H,3,12H2,1-2H3,(H,24,25). The lowest BCUT2D eigenvalue weighted by Gasteiger charge is -2.10.